The number of nitrogens with zero attached hydrogens (tertiary/aromatic N) is 1. The fourth-order valence-electron chi connectivity index (χ4n) is 2.13. The highest BCUT2D eigenvalue weighted by atomic mass is 16.5. The Morgan fingerprint density at radius 2 is 2.05 bits per heavy atom. The van der Waals surface area contributed by atoms with Crippen molar-refractivity contribution < 1.29 is 14.3 Å². The minimum atomic E-state index is -0.178. The van der Waals surface area contributed by atoms with E-state index in [0.29, 0.717) is 6.54 Å². The predicted octanol–water partition coefficient (Wildman–Crippen LogP) is 2.24. The molecule has 4 nitrogen and oxygen atoms in total. The molecule has 0 radical (unpaired) electrons. The van der Waals surface area contributed by atoms with Crippen molar-refractivity contribution in [3.8, 4) is 5.75 Å². The van der Waals surface area contributed by atoms with Gasteiger partial charge in [-0.25, -0.2) is 0 Å². The van der Waals surface area contributed by atoms with E-state index < -0.39 is 0 Å². The monoisotopic (exact) mass is 265 g/mol. The fraction of sp³-hybridized carbons (Fsp3) is 0.533. The molecule has 0 bridgehead atoms. The highest BCUT2D eigenvalue weighted by molar-refractivity contribution is 5.72. The second kappa shape index (κ2) is 7.14. The number of hydrogen-bond donors (Lipinski definition) is 0. The highest BCUT2D eigenvalue weighted by Gasteiger charge is 2.16. The van der Waals surface area contributed by atoms with Crippen molar-refractivity contribution in [1.82, 2.24) is 4.90 Å². The molecule has 4 heteroatoms. The Labute approximate surface area is 115 Å². The zero-order valence-corrected chi connectivity index (χ0v) is 12.4. The largest absolute Gasteiger partial charge is 0.496 e. The molecule has 0 heterocycles. The van der Waals surface area contributed by atoms with Crippen LogP contribution in [-0.2, 0) is 16.1 Å². The van der Waals surface area contributed by atoms with Gasteiger partial charge in [0.05, 0.1) is 20.1 Å². The quantitative estimate of drug-likeness (QED) is 0.739. The predicted molar refractivity (Wildman–Crippen MR) is 75.2 cm³/mol. The molecule has 0 fully saturated rings. The SMILES string of the molecule is COC(=O)C(C)CN(C)Cc1cc(C)ccc1OC. The second-order valence-corrected chi connectivity index (χ2v) is 4.94. The van der Waals surface area contributed by atoms with Crippen LogP contribution in [0.25, 0.3) is 0 Å². The third-order valence-electron chi connectivity index (χ3n) is 3.07. The number of carbonyl (C=O) groups excluding carboxylic acids is 1. The molecule has 1 aromatic carbocycles. The van der Waals surface area contributed by atoms with Gasteiger partial charge in [0.1, 0.15) is 5.75 Å². The van der Waals surface area contributed by atoms with E-state index in [-0.39, 0.29) is 11.9 Å². The summed E-state index contributed by atoms with van der Waals surface area (Å²) in [5.74, 6) is 0.567. The molecule has 0 N–H and O–H groups in total. The summed E-state index contributed by atoms with van der Waals surface area (Å²) in [5, 5.41) is 0. The number of esters is 1. The summed E-state index contributed by atoms with van der Waals surface area (Å²) in [7, 11) is 5.08. The van der Waals surface area contributed by atoms with Crippen molar-refractivity contribution >= 4 is 5.97 Å². The molecule has 0 saturated carbocycles. The van der Waals surface area contributed by atoms with Crippen LogP contribution in [0.15, 0.2) is 18.2 Å². The van der Waals surface area contributed by atoms with Gasteiger partial charge in [-0.05, 0) is 20.0 Å². The van der Waals surface area contributed by atoms with Crippen LogP contribution in [0.4, 0.5) is 0 Å². The summed E-state index contributed by atoms with van der Waals surface area (Å²) < 4.78 is 10.1. The number of benzene rings is 1. The van der Waals surface area contributed by atoms with Crippen molar-refractivity contribution in [2.45, 2.75) is 20.4 Å². The average Bonchev–Trinajstić information content (AvgIpc) is 2.37. The summed E-state index contributed by atoms with van der Waals surface area (Å²) in [6.07, 6.45) is 0. The number of hydrogen-bond acceptors (Lipinski definition) is 4. The van der Waals surface area contributed by atoms with Gasteiger partial charge in [0.15, 0.2) is 0 Å². The molecule has 19 heavy (non-hydrogen) atoms. The van der Waals surface area contributed by atoms with Crippen LogP contribution < -0.4 is 4.74 Å². The molecule has 106 valence electrons. The molecule has 0 saturated heterocycles. The number of carbonyl (C=O) groups is 1. The van der Waals surface area contributed by atoms with Crippen LogP contribution in [0, 0.1) is 12.8 Å². The lowest BCUT2D eigenvalue weighted by molar-refractivity contribution is -0.145. The Balaban J connectivity index is 2.68. The minimum absolute atomic E-state index is 0.134. The number of ether oxygens (including phenoxy) is 2. The smallest absolute Gasteiger partial charge is 0.309 e. The normalized spacial score (nSPS) is 12.3. The van der Waals surface area contributed by atoms with E-state index in [0.717, 1.165) is 17.9 Å². The number of aryl methyl sites for hydroxylation is 1. The van der Waals surface area contributed by atoms with Gasteiger partial charge >= 0.3 is 5.97 Å². The second-order valence-electron chi connectivity index (χ2n) is 4.94. The van der Waals surface area contributed by atoms with Gasteiger partial charge in [-0.3, -0.25) is 4.79 Å². The number of methoxy groups -OCH3 is 2. The van der Waals surface area contributed by atoms with Gasteiger partial charge < -0.3 is 14.4 Å². The maximum absolute atomic E-state index is 11.4. The van der Waals surface area contributed by atoms with Gasteiger partial charge in [-0.1, -0.05) is 24.6 Å². The number of rotatable bonds is 6. The van der Waals surface area contributed by atoms with Gasteiger partial charge in [0.25, 0.3) is 0 Å². The van der Waals surface area contributed by atoms with Crippen molar-refractivity contribution in [3.05, 3.63) is 29.3 Å². The molecule has 0 amide bonds. The van der Waals surface area contributed by atoms with Crippen molar-refractivity contribution in [2.24, 2.45) is 5.92 Å². The van der Waals surface area contributed by atoms with Crippen molar-refractivity contribution in [3.63, 3.8) is 0 Å². The van der Waals surface area contributed by atoms with Gasteiger partial charge in [-0.2, -0.15) is 0 Å². The summed E-state index contributed by atoms with van der Waals surface area (Å²) in [5.41, 5.74) is 2.33. The topological polar surface area (TPSA) is 38.8 Å². The van der Waals surface area contributed by atoms with Crippen LogP contribution in [0.2, 0.25) is 0 Å². The van der Waals surface area contributed by atoms with Crippen LogP contribution in [0.1, 0.15) is 18.1 Å². The summed E-state index contributed by atoms with van der Waals surface area (Å²) in [6, 6.07) is 6.11. The third kappa shape index (κ3) is 4.56. The zero-order chi connectivity index (χ0) is 14.4. The van der Waals surface area contributed by atoms with Crippen molar-refractivity contribution in [2.75, 3.05) is 27.8 Å². The molecule has 0 spiro atoms. The van der Waals surface area contributed by atoms with Crippen LogP contribution in [0.5, 0.6) is 5.75 Å². The Morgan fingerprint density at radius 1 is 1.37 bits per heavy atom. The van der Waals surface area contributed by atoms with E-state index >= 15 is 0 Å². The zero-order valence-electron chi connectivity index (χ0n) is 12.4. The van der Waals surface area contributed by atoms with Gasteiger partial charge in [-0.15, -0.1) is 0 Å². The van der Waals surface area contributed by atoms with E-state index in [2.05, 4.69) is 17.9 Å². The van der Waals surface area contributed by atoms with Crippen LogP contribution >= 0.6 is 0 Å². The lowest BCUT2D eigenvalue weighted by atomic mass is 10.1. The highest BCUT2D eigenvalue weighted by Crippen LogP contribution is 2.21. The Kier molecular flexibility index (Phi) is 5.83. The fourth-order valence-corrected chi connectivity index (χ4v) is 2.13. The first-order valence-electron chi connectivity index (χ1n) is 6.37. The molecule has 1 unspecified atom stereocenters. The molecule has 0 aliphatic rings. The van der Waals surface area contributed by atoms with Gasteiger partial charge in [0, 0.05) is 18.7 Å². The minimum Gasteiger partial charge on any atom is -0.496 e. The Bertz CT molecular complexity index is 431. The van der Waals surface area contributed by atoms with E-state index in [9.17, 15) is 4.79 Å². The van der Waals surface area contributed by atoms with E-state index in [1.54, 1.807) is 7.11 Å². The molecule has 1 rings (SSSR count). The Morgan fingerprint density at radius 3 is 2.63 bits per heavy atom. The first-order valence-corrected chi connectivity index (χ1v) is 6.37. The van der Waals surface area contributed by atoms with Crippen LogP contribution in [-0.4, -0.2) is 38.7 Å². The first-order chi connectivity index (χ1) is 8.97. The molecule has 1 aromatic rings. The average molecular weight is 265 g/mol. The van der Waals surface area contributed by atoms with Gasteiger partial charge in [0.2, 0.25) is 0 Å². The molecule has 0 aromatic heterocycles. The summed E-state index contributed by atoms with van der Waals surface area (Å²) in [4.78, 5) is 13.5. The van der Waals surface area contributed by atoms with Crippen LogP contribution in [0.3, 0.4) is 0 Å². The molecular formula is C15H23NO3. The molecular weight excluding hydrogens is 242 g/mol. The summed E-state index contributed by atoms with van der Waals surface area (Å²) in [6.45, 7) is 5.33. The maximum Gasteiger partial charge on any atom is 0.309 e. The van der Waals surface area contributed by atoms with Crippen molar-refractivity contribution in [1.29, 1.82) is 0 Å². The lowest BCUT2D eigenvalue weighted by Crippen LogP contribution is -2.29. The van der Waals surface area contributed by atoms with E-state index in [4.69, 9.17) is 9.47 Å². The Hall–Kier alpha value is -1.55. The summed E-state index contributed by atoms with van der Waals surface area (Å²) >= 11 is 0. The first kappa shape index (κ1) is 15.5. The molecule has 0 aliphatic carbocycles. The molecule has 1 atom stereocenters. The van der Waals surface area contributed by atoms with E-state index in [1.165, 1.54) is 12.7 Å². The third-order valence-corrected chi connectivity index (χ3v) is 3.07. The molecule has 0 aliphatic heterocycles. The maximum atomic E-state index is 11.4. The van der Waals surface area contributed by atoms with E-state index in [1.807, 2.05) is 26.1 Å². The lowest BCUT2D eigenvalue weighted by Gasteiger charge is -2.21. The standard InChI is InChI=1S/C15H23NO3/c1-11-6-7-14(18-4)13(8-11)10-16(3)9-12(2)15(17)19-5/h6-8,12H,9-10H2,1-5H3.